The highest BCUT2D eigenvalue weighted by Gasteiger charge is 2.19. The van der Waals surface area contributed by atoms with Crippen LogP contribution in [0.1, 0.15) is 10.6 Å². The molecule has 2 heterocycles. The van der Waals surface area contributed by atoms with E-state index in [1.165, 1.54) is 37.9 Å². The van der Waals surface area contributed by atoms with E-state index in [4.69, 9.17) is 4.42 Å². The molecule has 100 valence electrons. The molecule has 2 aromatic heterocycles. The number of hydrogen-bond acceptors (Lipinski definition) is 6. The van der Waals surface area contributed by atoms with Crippen LogP contribution in [0.25, 0.3) is 0 Å². The van der Waals surface area contributed by atoms with Gasteiger partial charge in [0.15, 0.2) is 5.76 Å². The average Bonchev–Trinajstić information content (AvgIpc) is 2.90. The molecule has 8 nitrogen and oxygen atoms in total. The molecule has 0 fully saturated rings. The minimum absolute atomic E-state index is 0.127. The molecule has 0 saturated carbocycles. The Balaban J connectivity index is 2.18. The van der Waals surface area contributed by atoms with Crippen LogP contribution in [0.4, 0.5) is 5.69 Å². The lowest BCUT2D eigenvalue weighted by atomic mass is 10.4. The first-order valence-electron chi connectivity index (χ1n) is 5.12. The second-order valence-electron chi connectivity index (χ2n) is 3.41. The molecule has 2 N–H and O–H groups in total. The van der Waals surface area contributed by atoms with E-state index in [-0.39, 0.29) is 10.9 Å². The molecule has 1 amide bonds. The maximum absolute atomic E-state index is 11.8. The molecule has 0 radical (unpaired) electrons. The Hall–Kier alpha value is -2.26. The summed E-state index contributed by atoms with van der Waals surface area (Å²) in [6, 6.07) is 2.46. The van der Waals surface area contributed by atoms with Crippen LogP contribution < -0.4 is 10.0 Å². The summed E-state index contributed by atoms with van der Waals surface area (Å²) >= 11 is 0. The second kappa shape index (κ2) is 5.16. The van der Waals surface area contributed by atoms with Crippen molar-refractivity contribution in [3.8, 4) is 0 Å². The lowest BCUT2D eigenvalue weighted by Gasteiger charge is -2.01. The number of furan rings is 1. The Morgan fingerprint density at radius 2 is 1.95 bits per heavy atom. The van der Waals surface area contributed by atoms with E-state index in [1.54, 1.807) is 0 Å². The molecule has 0 bridgehead atoms. The van der Waals surface area contributed by atoms with Gasteiger partial charge < -0.3 is 9.73 Å². The van der Waals surface area contributed by atoms with Crippen molar-refractivity contribution in [1.82, 2.24) is 14.7 Å². The van der Waals surface area contributed by atoms with Crippen molar-refractivity contribution in [2.24, 2.45) is 0 Å². The molecule has 0 unspecified atom stereocenters. The fraction of sp³-hybridized carbons (Fsp3) is 0.100. The third kappa shape index (κ3) is 2.95. The van der Waals surface area contributed by atoms with E-state index < -0.39 is 15.9 Å². The van der Waals surface area contributed by atoms with Crippen molar-refractivity contribution < 1.29 is 17.6 Å². The minimum atomic E-state index is -3.71. The summed E-state index contributed by atoms with van der Waals surface area (Å²) in [5.41, 5.74) is 0.377. The molecule has 9 heteroatoms. The number of nitrogens with one attached hydrogen (secondary N) is 2. The first-order valence-corrected chi connectivity index (χ1v) is 6.61. The van der Waals surface area contributed by atoms with Gasteiger partial charge in [0.25, 0.3) is 15.9 Å². The van der Waals surface area contributed by atoms with E-state index in [1.807, 2.05) is 0 Å². The smallest absolute Gasteiger partial charge is 0.291 e. The van der Waals surface area contributed by atoms with Gasteiger partial charge in [0.05, 0.1) is 18.1 Å². The number of anilines is 1. The summed E-state index contributed by atoms with van der Waals surface area (Å²) < 4.78 is 29.9. The minimum Gasteiger partial charge on any atom is -0.438 e. The van der Waals surface area contributed by atoms with Gasteiger partial charge in [0, 0.05) is 0 Å². The van der Waals surface area contributed by atoms with Crippen LogP contribution in [-0.2, 0) is 10.0 Å². The summed E-state index contributed by atoms with van der Waals surface area (Å²) in [4.78, 5) is 19.2. The van der Waals surface area contributed by atoms with Gasteiger partial charge in [0.2, 0.25) is 5.09 Å². The molecule has 0 aromatic carbocycles. The molecule has 0 spiro atoms. The number of rotatable bonds is 4. The molecule has 0 aliphatic rings. The van der Waals surface area contributed by atoms with Crippen LogP contribution in [0.15, 0.2) is 40.4 Å². The summed E-state index contributed by atoms with van der Waals surface area (Å²) in [7, 11) is -2.46. The molecular formula is C10H10N4O4S. The fourth-order valence-electron chi connectivity index (χ4n) is 1.24. The molecule has 2 rings (SSSR count). The number of carbonyl (C=O) groups excluding carboxylic acids is 1. The highest BCUT2D eigenvalue weighted by molar-refractivity contribution is 7.89. The van der Waals surface area contributed by atoms with Gasteiger partial charge in [-0.3, -0.25) is 4.79 Å². The SMILES string of the molecule is CNS(=O)(=O)c1ccc(C(=O)Nc2cncnc2)o1. The maximum Gasteiger partial charge on any atom is 0.291 e. The van der Waals surface area contributed by atoms with Gasteiger partial charge in [-0.2, -0.15) is 0 Å². The second-order valence-corrected chi connectivity index (χ2v) is 5.23. The normalized spacial score (nSPS) is 11.2. The van der Waals surface area contributed by atoms with E-state index in [2.05, 4.69) is 20.0 Å². The van der Waals surface area contributed by atoms with Crippen LogP contribution in [-0.4, -0.2) is 31.3 Å². The first kappa shape index (κ1) is 13.2. The number of amides is 1. The Labute approximate surface area is 108 Å². The predicted octanol–water partition coefficient (Wildman–Crippen LogP) is 0.230. The molecule has 0 aliphatic carbocycles. The van der Waals surface area contributed by atoms with E-state index in [9.17, 15) is 13.2 Å². The topological polar surface area (TPSA) is 114 Å². The molecule has 0 saturated heterocycles. The van der Waals surface area contributed by atoms with Gasteiger partial charge in [-0.15, -0.1) is 0 Å². The van der Waals surface area contributed by atoms with Crippen molar-refractivity contribution in [3.63, 3.8) is 0 Å². The van der Waals surface area contributed by atoms with Crippen molar-refractivity contribution >= 4 is 21.6 Å². The van der Waals surface area contributed by atoms with Gasteiger partial charge >= 0.3 is 0 Å². The molecule has 2 aromatic rings. The standard InChI is InChI=1S/C10H10N4O4S/c1-11-19(16,17)9-3-2-8(18-9)10(15)14-7-4-12-6-13-5-7/h2-6,11H,1H3,(H,14,15). The van der Waals surface area contributed by atoms with Crippen LogP contribution >= 0.6 is 0 Å². The lowest BCUT2D eigenvalue weighted by Crippen LogP contribution is -2.18. The monoisotopic (exact) mass is 282 g/mol. The maximum atomic E-state index is 11.8. The van der Waals surface area contributed by atoms with E-state index in [0.717, 1.165) is 0 Å². The largest absolute Gasteiger partial charge is 0.438 e. The zero-order chi connectivity index (χ0) is 13.9. The summed E-state index contributed by atoms with van der Waals surface area (Å²) in [5.74, 6) is -0.718. The molecule has 19 heavy (non-hydrogen) atoms. The van der Waals surface area contributed by atoms with Crippen molar-refractivity contribution in [2.45, 2.75) is 5.09 Å². The number of nitrogens with zero attached hydrogens (tertiary/aromatic N) is 2. The van der Waals surface area contributed by atoms with Gasteiger partial charge in [0.1, 0.15) is 6.33 Å². The van der Waals surface area contributed by atoms with E-state index >= 15 is 0 Å². The lowest BCUT2D eigenvalue weighted by molar-refractivity contribution is 0.0991. The average molecular weight is 282 g/mol. The molecule has 0 atom stereocenters. The predicted molar refractivity (Wildman–Crippen MR) is 64.9 cm³/mol. The number of carbonyl (C=O) groups is 1. The van der Waals surface area contributed by atoms with Gasteiger partial charge in [-0.25, -0.2) is 23.1 Å². The van der Waals surface area contributed by atoms with Crippen molar-refractivity contribution in [2.75, 3.05) is 12.4 Å². The van der Waals surface area contributed by atoms with Gasteiger partial charge in [-0.1, -0.05) is 0 Å². The Kier molecular flexibility index (Phi) is 3.58. The molecular weight excluding hydrogens is 272 g/mol. The van der Waals surface area contributed by atoms with Gasteiger partial charge in [-0.05, 0) is 19.2 Å². The Morgan fingerprint density at radius 3 is 2.58 bits per heavy atom. The summed E-state index contributed by atoms with van der Waals surface area (Å²) in [5, 5.41) is 2.14. The zero-order valence-electron chi connectivity index (χ0n) is 9.82. The summed E-state index contributed by atoms with van der Waals surface area (Å²) in [6.07, 6.45) is 4.12. The van der Waals surface area contributed by atoms with E-state index in [0.29, 0.717) is 5.69 Å². The summed E-state index contributed by atoms with van der Waals surface area (Å²) in [6.45, 7) is 0. The Morgan fingerprint density at radius 1 is 1.26 bits per heavy atom. The highest BCUT2D eigenvalue weighted by atomic mass is 32.2. The van der Waals surface area contributed by atoms with Crippen LogP contribution in [0.3, 0.4) is 0 Å². The molecule has 0 aliphatic heterocycles. The number of aromatic nitrogens is 2. The fourth-order valence-corrected chi connectivity index (χ4v) is 1.89. The van der Waals surface area contributed by atoms with Crippen LogP contribution in [0.5, 0.6) is 0 Å². The van der Waals surface area contributed by atoms with Crippen LogP contribution in [0, 0.1) is 0 Å². The number of hydrogen-bond donors (Lipinski definition) is 2. The number of sulfonamides is 1. The van der Waals surface area contributed by atoms with Crippen molar-refractivity contribution in [3.05, 3.63) is 36.6 Å². The van der Waals surface area contributed by atoms with Crippen LogP contribution in [0.2, 0.25) is 0 Å². The third-order valence-corrected chi connectivity index (χ3v) is 3.44. The first-order chi connectivity index (χ1) is 9.03. The third-order valence-electron chi connectivity index (χ3n) is 2.16. The highest BCUT2D eigenvalue weighted by Crippen LogP contribution is 2.14. The quantitative estimate of drug-likeness (QED) is 0.829. The Bertz CT molecular complexity index is 681. The van der Waals surface area contributed by atoms with Crippen molar-refractivity contribution in [1.29, 1.82) is 0 Å². The zero-order valence-corrected chi connectivity index (χ0v) is 10.6.